The highest BCUT2D eigenvalue weighted by molar-refractivity contribution is 6.29. The molecule has 2 N–H and O–H groups in total. The molecule has 4 rings (SSSR count). The fraction of sp³-hybridized carbons (Fsp3) is 0.238. The Bertz CT molecular complexity index is 1400. The number of hydrogen-bond donors (Lipinski definition) is 2. The Hall–Kier alpha value is -3.84. The van der Waals surface area contributed by atoms with Gasteiger partial charge in [0, 0.05) is 12.7 Å². The smallest absolute Gasteiger partial charge is 0.377 e. The van der Waals surface area contributed by atoms with Crippen LogP contribution >= 0.6 is 11.6 Å². The summed E-state index contributed by atoms with van der Waals surface area (Å²) in [4.78, 5) is 26.1. The van der Waals surface area contributed by atoms with Crippen molar-refractivity contribution in [3.05, 3.63) is 58.8 Å². The number of fused-ring (bicyclic) bond motifs is 1. The van der Waals surface area contributed by atoms with Crippen LogP contribution in [0.15, 0.2) is 36.8 Å². The van der Waals surface area contributed by atoms with E-state index < -0.39 is 29.7 Å². The number of methoxy groups -OCH3 is 1. The lowest BCUT2D eigenvalue weighted by Gasteiger charge is -2.19. The lowest BCUT2D eigenvalue weighted by molar-refractivity contribution is -0.137. The highest BCUT2D eigenvalue weighted by Crippen LogP contribution is 2.36. The Morgan fingerprint density at radius 2 is 1.83 bits per heavy atom. The van der Waals surface area contributed by atoms with E-state index in [1.807, 2.05) is 0 Å². The maximum Gasteiger partial charge on any atom is 0.420 e. The molecule has 0 bridgehead atoms. The van der Waals surface area contributed by atoms with Crippen LogP contribution in [-0.4, -0.2) is 43.1 Å². The van der Waals surface area contributed by atoms with E-state index in [1.54, 1.807) is 19.1 Å². The van der Waals surface area contributed by atoms with Crippen molar-refractivity contribution in [3.8, 4) is 5.82 Å². The summed E-state index contributed by atoms with van der Waals surface area (Å²) in [6.45, 7) is 3.19. The maximum absolute atomic E-state index is 13.7. The van der Waals surface area contributed by atoms with E-state index in [4.69, 9.17) is 16.3 Å². The molecule has 35 heavy (non-hydrogen) atoms. The Morgan fingerprint density at radius 3 is 2.49 bits per heavy atom. The third-order valence-corrected chi connectivity index (χ3v) is 5.29. The van der Waals surface area contributed by atoms with Gasteiger partial charge in [-0.05, 0) is 32.0 Å². The predicted octanol–water partition coefficient (Wildman–Crippen LogP) is 4.94. The molecule has 0 aliphatic carbocycles. The van der Waals surface area contributed by atoms with Crippen molar-refractivity contribution in [2.75, 3.05) is 17.7 Å². The first kappa shape index (κ1) is 24.3. The molecule has 2 amide bonds. The number of nitrogens with zero attached hydrogens (tertiary/aromatic N) is 6. The van der Waals surface area contributed by atoms with E-state index in [9.17, 15) is 18.0 Å². The highest BCUT2D eigenvalue weighted by atomic mass is 35.5. The van der Waals surface area contributed by atoms with Crippen LogP contribution in [0.3, 0.4) is 0 Å². The minimum absolute atomic E-state index is 0.121. The molecule has 0 spiro atoms. The number of rotatable bonds is 5. The third-order valence-electron chi connectivity index (χ3n) is 5.08. The summed E-state index contributed by atoms with van der Waals surface area (Å²) in [5.74, 6) is -0.510. The Morgan fingerprint density at radius 1 is 1.14 bits per heavy atom. The van der Waals surface area contributed by atoms with Crippen LogP contribution in [0, 0.1) is 6.92 Å². The van der Waals surface area contributed by atoms with Gasteiger partial charge in [0.2, 0.25) is 0 Å². The van der Waals surface area contributed by atoms with Gasteiger partial charge in [-0.1, -0.05) is 11.6 Å². The molecule has 0 fully saturated rings. The largest absolute Gasteiger partial charge is 0.420 e. The predicted molar refractivity (Wildman–Crippen MR) is 122 cm³/mol. The minimum Gasteiger partial charge on any atom is -0.377 e. The van der Waals surface area contributed by atoms with Crippen LogP contribution in [0.2, 0.25) is 5.15 Å². The van der Waals surface area contributed by atoms with Crippen molar-refractivity contribution in [1.82, 2.24) is 29.9 Å². The van der Waals surface area contributed by atoms with E-state index >= 15 is 0 Å². The van der Waals surface area contributed by atoms with Crippen molar-refractivity contribution < 1.29 is 22.7 Å². The highest BCUT2D eigenvalue weighted by Gasteiger charge is 2.36. The lowest BCUT2D eigenvalue weighted by Crippen LogP contribution is -2.23. The Labute approximate surface area is 201 Å². The average Bonchev–Trinajstić information content (AvgIpc) is 3.33. The molecule has 0 aromatic carbocycles. The zero-order valence-electron chi connectivity index (χ0n) is 18.6. The van der Waals surface area contributed by atoms with Crippen molar-refractivity contribution in [3.63, 3.8) is 0 Å². The molecule has 10 nitrogen and oxygen atoms in total. The normalized spacial score (nSPS) is 12.5. The summed E-state index contributed by atoms with van der Waals surface area (Å²) >= 11 is 6.03. The molecular weight excluding hydrogens is 489 g/mol. The molecule has 0 saturated heterocycles. The molecule has 4 aromatic heterocycles. The number of aromatic nitrogens is 6. The minimum atomic E-state index is -4.77. The van der Waals surface area contributed by atoms with Crippen LogP contribution in [0.1, 0.15) is 29.8 Å². The number of ether oxygens (including phenoxy) is 1. The first-order chi connectivity index (χ1) is 16.6. The average molecular weight is 507 g/mol. The number of aryl methyl sites for hydroxylation is 1. The first-order valence-corrected chi connectivity index (χ1v) is 10.5. The van der Waals surface area contributed by atoms with Crippen LogP contribution in [-0.2, 0) is 10.9 Å². The molecule has 0 aliphatic heterocycles. The van der Waals surface area contributed by atoms with Crippen molar-refractivity contribution in [2.24, 2.45) is 0 Å². The summed E-state index contributed by atoms with van der Waals surface area (Å²) in [6, 6.07) is 3.21. The summed E-state index contributed by atoms with van der Waals surface area (Å²) in [5, 5.41) is 12.7. The molecule has 1 unspecified atom stereocenters. The second-order valence-electron chi connectivity index (χ2n) is 7.35. The second kappa shape index (κ2) is 9.43. The van der Waals surface area contributed by atoms with Gasteiger partial charge in [0.15, 0.2) is 5.82 Å². The molecule has 182 valence electrons. The van der Waals surface area contributed by atoms with Gasteiger partial charge in [-0.15, -0.1) is 4.80 Å². The van der Waals surface area contributed by atoms with Crippen molar-refractivity contribution >= 4 is 40.0 Å². The van der Waals surface area contributed by atoms with Gasteiger partial charge in [-0.2, -0.15) is 23.4 Å². The number of nitrogens with one attached hydrogen (secondary N) is 2. The summed E-state index contributed by atoms with van der Waals surface area (Å²) in [6.07, 6.45) is -1.42. The number of amides is 2. The first-order valence-electron chi connectivity index (χ1n) is 10.1. The Kier molecular flexibility index (Phi) is 6.54. The number of anilines is 2. The van der Waals surface area contributed by atoms with Gasteiger partial charge in [0.1, 0.15) is 10.7 Å². The zero-order valence-corrected chi connectivity index (χ0v) is 19.3. The van der Waals surface area contributed by atoms with Crippen LogP contribution in [0.25, 0.3) is 16.9 Å². The summed E-state index contributed by atoms with van der Waals surface area (Å²) in [7, 11) is 1.48. The number of pyridine rings is 3. The molecule has 0 aliphatic rings. The quantitative estimate of drug-likeness (QED) is 0.368. The fourth-order valence-electron chi connectivity index (χ4n) is 3.37. The van der Waals surface area contributed by atoms with Gasteiger partial charge in [0.05, 0.1) is 52.8 Å². The summed E-state index contributed by atoms with van der Waals surface area (Å²) in [5.41, 5.74) is 0.543. The van der Waals surface area contributed by atoms with Gasteiger partial charge in [0.25, 0.3) is 0 Å². The zero-order chi connectivity index (χ0) is 25.3. The van der Waals surface area contributed by atoms with Gasteiger partial charge >= 0.3 is 12.2 Å². The number of alkyl halides is 3. The number of carbonyl (C=O) groups is 1. The van der Waals surface area contributed by atoms with E-state index in [2.05, 4.69) is 35.8 Å². The summed E-state index contributed by atoms with van der Waals surface area (Å²) < 4.78 is 46.6. The topological polar surface area (TPSA) is 120 Å². The third kappa shape index (κ3) is 5.00. The molecule has 0 saturated carbocycles. The van der Waals surface area contributed by atoms with E-state index in [1.165, 1.54) is 32.6 Å². The number of carbonyl (C=O) groups excluding carboxylic acids is 1. The molecule has 4 aromatic rings. The number of halogens is 4. The standard InChI is InChI=1S/C21H18ClF3N8O2/c1-10-14(8-12(21(23,24)25)19(29-10)33-27-6-7-28-33)30-20(34)31-15-9-26-13-4-5-16(22)32-18(13)17(15)11(2)35-3/h4-9,11H,1-3H3,(H2,30,31,34). The van der Waals surface area contributed by atoms with E-state index in [-0.39, 0.29) is 22.2 Å². The monoisotopic (exact) mass is 506 g/mol. The Balaban J connectivity index is 1.69. The molecule has 0 radical (unpaired) electrons. The van der Waals surface area contributed by atoms with E-state index in [0.717, 1.165) is 10.9 Å². The maximum atomic E-state index is 13.7. The molecule has 14 heteroatoms. The van der Waals surface area contributed by atoms with Crippen LogP contribution in [0.4, 0.5) is 29.3 Å². The van der Waals surface area contributed by atoms with Crippen molar-refractivity contribution in [1.29, 1.82) is 0 Å². The van der Waals surface area contributed by atoms with Crippen LogP contribution in [0.5, 0.6) is 0 Å². The van der Waals surface area contributed by atoms with Crippen molar-refractivity contribution in [2.45, 2.75) is 26.1 Å². The molecular formula is C21H18ClF3N8O2. The second-order valence-corrected chi connectivity index (χ2v) is 7.74. The number of hydrogen-bond acceptors (Lipinski definition) is 7. The van der Waals surface area contributed by atoms with Crippen LogP contribution < -0.4 is 10.6 Å². The lowest BCUT2D eigenvalue weighted by atomic mass is 10.1. The van der Waals surface area contributed by atoms with Gasteiger partial charge < -0.3 is 15.4 Å². The fourth-order valence-corrected chi connectivity index (χ4v) is 3.52. The van der Waals surface area contributed by atoms with Gasteiger partial charge in [-0.25, -0.2) is 14.8 Å². The SMILES string of the molecule is COC(C)c1c(NC(=O)Nc2cc(C(F)(F)F)c(-n3nccn3)nc2C)cnc2ccc(Cl)nc12. The molecule has 1 atom stereocenters. The van der Waals surface area contributed by atoms with Gasteiger partial charge in [-0.3, -0.25) is 4.98 Å². The molecule has 4 heterocycles. The van der Waals surface area contributed by atoms with E-state index in [0.29, 0.717) is 16.6 Å². The number of urea groups is 1.